The van der Waals surface area contributed by atoms with Crippen molar-refractivity contribution in [3.63, 3.8) is 0 Å². The molecule has 1 unspecified atom stereocenters. The zero-order chi connectivity index (χ0) is 14.5. The Bertz CT molecular complexity index is 572. The predicted octanol–water partition coefficient (Wildman–Crippen LogP) is 2.24. The normalized spacial score (nSPS) is 13.1. The number of aromatic nitrogens is 1. The van der Waals surface area contributed by atoms with Crippen LogP contribution in [0.5, 0.6) is 0 Å². The predicted molar refractivity (Wildman–Crippen MR) is 83.4 cm³/mol. The molecule has 1 atom stereocenters. The van der Waals surface area contributed by atoms with Crippen LogP contribution in [0.25, 0.3) is 10.9 Å². The lowest BCUT2D eigenvalue weighted by atomic mass is 10.2. The van der Waals surface area contributed by atoms with Gasteiger partial charge in [0.15, 0.2) is 0 Å². The average molecular weight is 294 g/mol. The lowest BCUT2D eigenvalue weighted by Gasteiger charge is -2.26. The molecule has 0 saturated carbocycles. The molecule has 1 aromatic carbocycles. The third kappa shape index (κ3) is 3.46. The van der Waals surface area contributed by atoms with Crippen LogP contribution in [-0.2, 0) is 0 Å². The Morgan fingerprint density at radius 1 is 1.25 bits per heavy atom. The van der Waals surface area contributed by atoms with Gasteiger partial charge in [0.05, 0.1) is 17.4 Å². The van der Waals surface area contributed by atoms with Crippen molar-refractivity contribution in [2.75, 3.05) is 26.2 Å². The molecule has 1 aromatic heterocycles. The number of nitrogens with one attached hydrogen (secondary N) is 1. The first-order chi connectivity index (χ1) is 9.65. The molecule has 0 radical (unpaired) electrons. The van der Waals surface area contributed by atoms with E-state index in [0.717, 1.165) is 36.2 Å². The first kappa shape index (κ1) is 15.2. The van der Waals surface area contributed by atoms with E-state index in [-0.39, 0.29) is 5.06 Å². The second-order valence-electron chi connectivity index (χ2n) is 4.72. The molecule has 108 valence electrons. The minimum Gasteiger partial charge on any atom is -0.629 e. The zero-order valence-electron chi connectivity index (χ0n) is 11.9. The number of hydroxylamine groups is 1. The Balaban J connectivity index is 2.19. The molecule has 0 aliphatic heterocycles. The van der Waals surface area contributed by atoms with E-state index in [1.807, 2.05) is 6.07 Å². The van der Waals surface area contributed by atoms with Crippen LogP contribution < -0.4 is 5.06 Å². The van der Waals surface area contributed by atoms with Crippen LogP contribution in [0.3, 0.4) is 0 Å². The van der Waals surface area contributed by atoms with Crippen molar-refractivity contribution < 1.29 is 5.06 Å². The van der Waals surface area contributed by atoms with E-state index in [9.17, 15) is 5.21 Å². The van der Waals surface area contributed by atoms with E-state index < -0.39 is 0 Å². The van der Waals surface area contributed by atoms with Gasteiger partial charge in [0.2, 0.25) is 0 Å². The summed E-state index contributed by atoms with van der Waals surface area (Å²) in [6, 6.07) is 7.25. The number of hydrogen-bond donors (Lipinski definition) is 1. The summed E-state index contributed by atoms with van der Waals surface area (Å²) in [5.41, 5.74) is 1.50. The molecule has 1 N–H and O–H groups in total. The second kappa shape index (κ2) is 6.99. The summed E-state index contributed by atoms with van der Waals surface area (Å²) < 4.78 is 0. The van der Waals surface area contributed by atoms with Gasteiger partial charge in [-0.25, -0.2) is 0 Å². The highest BCUT2D eigenvalue weighted by atomic mass is 35.5. The van der Waals surface area contributed by atoms with E-state index in [1.165, 1.54) is 0 Å². The molecule has 0 spiro atoms. The van der Waals surface area contributed by atoms with Crippen molar-refractivity contribution in [1.82, 2.24) is 9.88 Å². The molecule has 1 heterocycles. The molecular formula is C15H20ClN3O. The third-order valence-corrected chi connectivity index (χ3v) is 3.79. The third-order valence-electron chi connectivity index (χ3n) is 3.55. The molecule has 0 amide bonds. The molecule has 0 fully saturated rings. The standard InChI is InChI=1S/C15H20ClN3O/c1-3-18(4-2)9-10-19(20)15-7-8-17-14-11-12(16)5-6-13(14)15/h5-8,11,19H,3-4,9-10H2,1-2H3. The van der Waals surface area contributed by atoms with Crippen LogP contribution in [0.4, 0.5) is 5.69 Å². The molecule has 5 heteroatoms. The van der Waals surface area contributed by atoms with Gasteiger partial charge < -0.3 is 10.3 Å². The quantitative estimate of drug-likeness (QED) is 0.831. The summed E-state index contributed by atoms with van der Waals surface area (Å²) in [5, 5.41) is 14.1. The van der Waals surface area contributed by atoms with Crippen molar-refractivity contribution in [3.8, 4) is 0 Å². The maximum Gasteiger partial charge on any atom is 0.142 e. The first-order valence-corrected chi connectivity index (χ1v) is 7.33. The average Bonchev–Trinajstić information content (AvgIpc) is 2.47. The van der Waals surface area contributed by atoms with E-state index in [1.54, 1.807) is 24.4 Å². The van der Waals surface area contributed by atoms with Crippen LogP contribution in [-0.4, -0.2) is 36.1 Å². The van der Waals surface area contributed by atoms with E-state index >= 15 is 0 Å². The van der Waals surface area contributed by atoms with Gasteiger partial charge in [0.25, 0.3) is 0 Å². The largest absolute Gasteiger partial charge is 0.629 e. The van der Waals surface area contributed by atoms with Gasteiger partial charge in [0.1, 0.15) is 5.69 Å². The molecule has 0 saturated heterocycles. The smallest absolute Gasteiger partial charge is 0.142 e. The van der Waals surface area contributed by atoms with Gasteiger partial charge in [-0.2, -0.15) is 0 Å². The number of nitrogens with zero attached hydrogens (tertiary/aromatic N) is 2. The van der Waals surface area contributed by atoms with Crippen molar-refractivity contribution in [2.24, 2.45) is 0 Å². The van der Waals surface area contributed by atoms with Crippen LogP contribution in [0.2, 0.25) is 5.02 Å². The number of pyridine rings is 1. The maximum absolute atomic E-state index is 12.4. The van der Waals surface area contributed by atoms with E-state index in [0.29, 0.717) is 11.6 Å². The number of hydrogen-bond acceptors (Lipinski definition) is 3. The minimum atomic E-state index is 0.159. The number of rotatable bonds is 6. The summed E-state index contributed by atoms with van der Waals surface area (Å²) in [6.45, 7) is 7.48. The Labute approximate surface area is 124 Å². The number of halogens is 1. The summed E-state index contributed by atoms with van der Waals surface area (Å²) in [6.07, 6.45) is 1.67. The van der Waals surface area contributed by atoms with Gasteiger partial charge in [-0.1, -0.05) is 25.4 Å². The van der Waals surface area contributed by atoms with Crippen molar-refractivity contribution >= 4 is 28.2 Å². The highest BCUT2D eigenvalue weighted by Gasteiger charge is 2.10. The van der Waals surface area contributed by atoms with E-state index in [4.69, 9.17) is 11.6 Å². The van der Waals surface area contributed by atoms with Crippen molar-refractivity contribution in [1.29, 1.82) is 0 Å². The second-order valence-corrected chi connectivity index (χ2v) is 5.16. The van der Waals surface area contributed by atoms with Gasteiger partial charge in [-0.05, 0) is 31.3 Å². The van der Waals surface area contributed by atoms with Crippen molar-refractivity contribution in [2.45, 2.75) is 13.8 Å². The van der Waals surface area contributed by atoms with Crippen LogP contribution in [0.1, 0.15) is 13.8 Å². The van der Waals surface area contributed by atoms with Gasteiger partial charge in [0, 0.05) is 23.8 Å². The number of benzene rings is 1. The van der Waals surface area contributed by atoms with Crippen LogP contribution in [0, 0.1) is 5.21 Å². The molecular weight excluding hydrogens is 274 g/mol. The summed E-state index contributed by atoms with van der Waals surface area (Å²) in [5.74, 6) is 0. The topological polar surface area (TPSA) is 43.6 Å². The van der Waals surface area contributed by atoms with Crippen LogP contribution >= 0.6 is 11.6 Å². The van der Waals surface area contributed by atoms with Gasteiger partial charge >= 0.3 is 0 Å². The zero-order valence-corrected chi connectivity index (χ0v) is 12.7. The monoisotopic (exact) mass is 293 g/mol. The van der Waals surface area contributed by atoms with Gasteiger partial charge in [-0.3, -0.25) is 9.88 Å². The fourth-order valence-electron chi connectivity index (χ4n) is 2.30. The highest BCUT2D eigenvalue weighted by Crippen LogP contribution is 2.21. The highest BCUT2D eigenvalue weighted by molar-refractivity contribution is 6.31. The molecule has 0 aliphatic carbocycles. The fraction of sp³-hybridized carbons (Fsp3) is 0.400. The maximum atomic E-state index is 12.4. The summed E-state index contributed by atoms with van der Waals surface area (Å²) in [7, 11) is 0. The molecule has 2 rings (SSSR count). The molecule has 4 nitrogen and oxygen atoms in total. The lowest BCUT2D eigenvalue weighted by Crippen LogP contribution is -3.03. The Hall–Kier alpha value is -1.20. The summed E-state index contributed by atoms with van der Waals surface area (Å²) >= 11 is 5.96. The SMILES string of the molecule is CCN(CC)CC[NH+]([O-])c1ccnc2cc(Cl)ccc12. The lowest BCUT2D eigenvalue weighted by molar-refractivity contribution is -0.774. The molecule has 0 aliphatic rings. The number of quaternary nitrogens is 1. The Morgan fingerprint density at radius 2 is 2.00 bits per heavy atom. The first-order valence-electron chi connectivity index (χ1n) is 6.95. The molecule has 20 heavy (non-hydrogen) atoms. The van der Waals surface area contributed by atoms with Gasteiger partial charge in [-0.15, -0.1) is 0 Å². The summed E-state index contributed by atoms with van der Waals surface area (Å²) in [4.78, 5) is 6.51. The van der Waals surface area contributed by atoms with E-state index in [2.05, 4.69) is 23.7 Å². The Morgan fingerprint density at radius 3 is 2.70 bits per heavy atom. The Kier molecular flexibility index (Phi) is 5.31. The number of fused-ring (bicyclic) bond motifs is 1. The van der Waals surface area contributed by atoms with Crippen LogP contribution in [0.15, 0.2) is 30.5 Å². The molecule has 2 aromatic rings. The number of likely N-dealkylation sites (N-methyl/N-ethyl adjacent to an activating group) is 1. The minimum absolute atomic E-state index is 0.159. The molecule has 0 bridgehead atoms. The van der Waals surface area contributed by atoms with Crippen molar-refractivity contribution in [3.05, 3.63) is 40.7 Å². The fourth-order valence-corrected chi connectivity index (χ4v) is 2.46.